The fourth-order valence-corrected chi connectivity index (χ4v) is 3.81. The molecule has 0 unspecified atom stereocenters. The zero-order valence-electron chi connectivity index (χ0n) is 13.8. The summed E-state index contributed by atoms with van der Waals surface area (Å²) in [4.78, 5) is 14.7. The number of para-hydroxylation sites is 1. The highest BCUT2D eigenvalue weighted by Crippen LogP contribution is 2.27. The number of aliphatic hydroxyl groups excluding tert-OH is 1. The van der Waals surface area contributed by atoms with Crippen LogP contribution in [0, 0.1) is 0 Å². The fraction of sp³-hybridized carbons (Fsp3) is 0.474. The summed E-state index contributed by atoms with van der Waals surface area (Å²) < 4.78 is 1.96. The van der Waals surface area contributed by atoms with Crippen molar-refractivity contribution < 1.29 is 9.90 Å². The Morgan fingerprint density at radius 1 is 1.12 bits per heavy atom. The number of benzene rings is 1. The van der Waals surface area contributed by atoms with E-state index in [1.165, 1.54) is 12.1 Å². The van der Waals surface area contributed by atoms with Crippen molar-refractivity contribution >= 4 is 5.91 Å². The van der Waals surface area contributed by atoms with E-state index in [1.54, 1.807) is 4.90 Å². The number of β-amino-alcohol motifs (C(OH)–C–C–N with tert-alkyl or cyclic N) is 1. The molecule has 1 fully saturated rings. The largest absolute Gasteiger partial charge is 0.391 e. The molecule has 1 aromatic carbocycles. The van der Waals surface area contributed by atoms with Gasteiger partial charge in [-0.1, -0.05) is 24.6 Å². The summed E-state index contributed by atoms with van der Waals surface area (Å²) in [6, 6.07) is 10.1. The zero-order valence-corrected chi connectivity index (χ0v) is 13.8. The van der Waals surface area contributed by atoms with Crippen molar-refractivity contribution in [3.8, 4) is 5.69 Å². The van der Waals surface area contributed by atoms with E-state index in [4.69, 9.17) is 5.10 Å². The lowest BCUT2D eigenvalue weighted by atomic mass is 10.1. The Labute approximate surface area is 141 Å². The van der Waals surface area contributed by atoms with Gasteiger partial charge in [0.1, 0.15) is 0 Å². The molecule has 1 saturated heterocycles. The zero-order chi connectivity index (χ0) is 16.5. The molecular formula is C19H23N3O2. The van der Waals surface area contributed by atoms with Gasteiger partial charge < -0.3 is 10.0 Å². The molecule has 2 aromatic rings. The van der Waals surface area contributed by atoms with E-state index in [-0.39, 0.29) is 5.91 Å². The molecule has 1 aliphatic carbocycles. The van der Waals surface area contributed by atoms with Crippen molar-refractivity contribution in [2.75, 3.05) is 13.1 Å². The standard InChI is InChI=1S/C19H23N3O2/c23-15-11-12-21(13-15)19(24)18-16-9-5-2-6-10-17(16)22(20-18)14-7-3-1-4-8-14/h1,3-4,7-8,15,23H,2,5-6,9-13H2/t15-/m0/s1. The van der Waals surface area contributed by atoms with Crippen molar-refractivity contribution in [3.05, 3.63) is 47.3 Å². The third-order valence-electron chi connectivity index (χ3n) is 5.08. The molecule has 0 bridgehead atoms. The number of rotatable bonds is 2. The molecule has 4 rings (SSSR count). The van der Waals surface area contributed by atoms with Crippen molar-refractivity contribution in [2.24, 2.45) is 0 Å². The molecule has 1 aliphatic heterocycles. The highest BCUT2D eigenvalue weighted by Gasteiger charge is 2.31. The maximum atomic E-state index is 13.0. The fourth-order valence-electron chi connectivity index (χ4n) is 3.81. The van der Waals surface area contributed by atoms with E-state index in [9.17, 15) is 9.90 Å². The number of fused-ring (bicyclic) bond motifs is 1. The Morgan fingerprint density at radius 2 is 1.92 bits per heavy atom. The van der Waals surface area contributed by atoms with Crippen LogP contribution in [0.15, 0.2) is 30.3 Å². The van der Waals surface area contributed by atoms with Gasteiger partial charge in [-0.15, -0.1) is 0 Å². The van der Waals surface area contributed by atoms with Crippen LogP contribution in [0.4, 0.5) is 0 Å². The lowest BCUT2D eigenvalue weighted by Gasteiger charge is -2.14. The van der Waals surface area contributed by atoms with Crippen LogP contribution in [-0.4, -0.2) is 44.9 Å². The first-order chi connectivity index (χ1) is 11.7. The van der Waals surface area contributed by atoms with E-state index < -0.39 is 6.10 Å². The molecule has 1 amide bonds. The average Bonchev–Trinajstić information content (AvgIpc) is 3.11. The number of carbonyl (C=O) groups excluding carboxylic acids is 1. The first-order valence-electron chi connectivity index (χ1n) is 8.87. The molecule has 2 heterocycles. The minimum Gasteiger partial charge on any atom is -0.391 e. The number of likely N-dealkylation sites (tertiary alicyclic amines) is 1. The summed E-state index contributed by atoms with van der Waals surface area (Å²) in [6.07, 6.45) is 5.58. The highest BCUT2D eigenvalue weighted by molar-refractivity contribution is 5.94. The second-order valence-electron chi connectivity index (χ2n) is 6.78. The highest BCUT2D eigenvalue weighted by atomic mass is 16.3. The summed E-state index contributed by atoms with van der Waals surface area (Å²) >= 11 is 0. The smallest absolute Gasteiger partial charge is 0.274 e. The van der Waals surface area contributed by atoms with E-state index in [0.29, 0.717) is 25.2 Å². The predicted molar refractivity (Wildman–Crippen MR) is 91.4 cm³/mol. The number of aromatic nitrogens is 2. The third-order valence-corrected chi connectivity index (χ3v) is 5.08. The number of hydrogen-bond donors (Lipinski definition) is 1. The molecule has 5 heteroatoms. The quantitative estimate of drug-likeness (QED) is 0.862. The van der Waals surface area contributed by atoms with E-state index >= 15 is 0 Å². The van der Waals surface area contributed by atoms with Gasteiger partial charge in [0, 0.05) is 24.3 Å². The van der Waals surface area contributed by atoms with Gasteiger partial charge >= 0.3 is 0 Å². The number of amides is 1. The second-order valence-corrected chi connectivity index (χ2v) is 6.78. The van der Waals surface area contributed by atoms with Crippen molar-refractivity contribution in [1.82, 2.24) is 14.7 Å². The van der Waals surface area contributed by atoms with Gasteiger partial charge in [0.15, 0.2) is 5.69 Å². The Hall–Kier alpha value is -2.14. The first kappa shape index (κ1) is 15.4. The van der Waals surface area contributed by atoms with E-state index in [1.807, 2.05) is 35.0 Å². The van der Waals surface area contributed by atoms with E-state index in [0.717, 1.165) is 36.9 Å². The van der Waals surface area contributed by atoms with Crippen LogP contribution in [0.25, 0.3) is 5.69 Å². The molecule has 2 aliphatic rings. The summed E-state index contributed by atoms with van der Waals surface area (Å²) in [5.74, 6) is -0.0284. The van der Waals surface area contributed by atoms with Gasteiger partial charge in [-0.3, -0.25) is 4.79 Å². The van der Waals surface area contributed by atoms with Gasteiger partial charge in [-0.2, -0.15) is 5.10 Å². The number of nitrogens with zero attached hydrogens (tertiary/aromatic N) is 3. The molecule has 126 valence electrons. The summed E-state index contributed by atoms with van der Waals surface area (Å²) in [7, 11) is 0. The van der Waals surface area contributed by atoms with Crippen LogP contribution in [0.1, 0.15) is 47.4 Å². The molecule has 1 aromatic heterocycles. The Balaban J connectivity index is 1.77. The number of hydrogen-bond acceptors (Lipinski definition) is 3. The number of aliphatic hydroxyl groups is 1. The van der Waals surface area contributed by atoms with Gasteiger partial charge in [0.05, 0.1) is 11.8 Å². The second kappa shape index (κ2) is 6.40. The van der Waals surface area contributed by atoms with Gasteiger partial charge in [-0.25, -0.2) is 4.68 Å². The molecule has 1 N–H and O–H groups in total. The molecule has 0 spiro atoms. The average molecular weight is 325 g/mol. The maximum absolute atomic E-state index is 13.0. The summed E-state index contributed by atoms with van der Waals surface area (Å²) in [6.45, 7) is 1.04. The molecule has 0 saturated carbocycles. The minimum atomic E-state index is -0.399. The van der Waals surface area contributed by atoms with Crippen molar-refractivity contribution in [1.29, 1.82) is 0 Å². The van der Waals surface area contributed by atoms with E-state index in [2.05, 4.69) is 0 Å². The normalized spacial score (nSPS) is 20.7. The van der Waals surface area contributed by atoms with Gasteiger partial charge in [0.2, 0.25) is 0 Å². The van der Waals surface area contributed by atoms with Crippen molar-refractivity contribution in [2.45, 2.75) is 44.6 Å². The van der Waals surface area contributed by atoms with Crippen LogP contribution in [0.3, 0.4) is 0 Å². The lowest BCUT2D eigenvalue weighted by molar-refractivity contribution is 0.0757. The third kappa shape index (κ3) is 2.73. The summed E-state index contributed by atoms with van der Waals surface area (Å²) in [5.41, 5.74) is 3.89. The predicted octanol–water partition coefficient (Wildman–Crippen LogP) is 2.35. The Bertz CT molecular complexity index is 739. The molecule has 0 radical (unpaired) electrons. The van der Waals surface area contributed by atoms with Crippen LogP contribution < -0.4 is 0 Å². The minimum absolute atomic E-state index is 0.0284. The maximum Gasteiger partial charge on any atom is 0.274 e. The Kier molecular flexibility index (Phi) is 4.10. The van der Waals surface area contributed by atoms with Crippen LogP contribution in [0.2, 0.25) is 0 Å². The van der Waals surface area contributed by atoms with Crippen LogP contribution in [0.5, 0.6) is 0 Å². The molecule has 24 heavy (non-hydrogen) atoms. The van der Waals surface area contributed by atoms with Crippen LogP contribution in [-0.2, 0) is 12.8 Å². The Morgan fingerprint density at radius 3 is 2.67 bits per heavy atom. The monoisotopic (exact) mass is 325 g/mol. The molecule has 5 nitrogen and oxygen atoms in total. The van der Waals surface area contributed by atoms with Gasteiger partial charge in [0.25, 0.3) is 5.91 Å². The summed E-state index contributed by atoms with van der Waals surface area (Å²) in [5, 5.41) is 14.5. The molecule has 1 atom stereocenters. The van der Waals surface area contributed by atoms with Gasteiger partial charge in [-0.05, 0) is 44.2 Å². The first-order valence-corrected chi connectivity index (χ1v) is 8.87. The topological polar surface area (TPSA) is 58.4 Å². The SMILES string of the molecule is O=C(c1nn(-c2ccccc2)c2c1CCCCC2)N1CC[C@H](O)C1. The van der Waals surface area contributed by atoms with Crippen LogP contribution >= 0.6 is 0 Å². The van der Waals surface area contributed by atoms with Crippen molar-refractivity contribution in [3.63, 3.8) is 0 Å². The molecular weight excluding hydrogens is 302 g/mol. The lowest BCUT2D eigenvalue weighted by Crippen LogP contribution is -2.30. The number of carbonyl (C=O) groups is 1.